The van der Waals surface area contributed by atoms with E-state index in [1.165, 1.54) is 10.5 Å². The van der Waals surface area contributed by atoms with E-state index in [1.807, 2.05) is 23.1 Å². The molecule has 108 valence electrons. The van der Waals surface area contributed by atoms with Gasteiger partial charge in [0.25, 0.3) is 0 Å². The molecule has 3 rings (SSSR count). The Kier molecular flexibility index (Phi) is 4.36. The number of hydrogen-bond acceptors (Lipinski definition) is 2. The molecule has 1 amide bonds. The van der Waals surface area contributed by atoms with Crippen LogP contribution in [-0.2, 0) is 11.3 Å². The molecular weight excluding hydrogens is 346 g/mol. The molecule has 2 nitrogen and oxygen atoms in total. The standard InChI is InChI=1S/C17H16BrNOS/c1-12-6-8-14(9-7-12)21-17-10-16(20)19(17)11-13-4-2-3-5-15(13)18/h2-9,17H,10-11H2,1H3/t17-/m1/s1. The average molecular weight is 362 g/mol. The summed E-state index contributed by atoms with van der Waals surface area (Å²) in [5.74, 6) is 0.232. The molecule has 0 bridgehead atoms. The average Bonchev–Trinajstić information content (AvgIpc) is 2.48. The number of nitrogens with zero attached hydrogens (tertiary/aromatic N) is 1. The zero-order chi connectivity index (χ0) is 14.8. The molecule has 0 unspecified atom stereocenters. The lowest BCUT2D eigenvalue weighted by Crippen LogP contribution is -2.49. The maximum atomic E-state index is 11.9. The fourth-order valence-electron chi connectivity index (χ4n) is 2.30. The van der Waals surface area contributed by atoms with Crippen molar-refractivity contribution in [1.29, 1.82) is 0 Å². The third kappa shape index (κ3) is 3.33. The van der Waals surface area contributed by atoms with Crippen LogP contribution in [0.4, 0.5) is 0 Å². The molecule has 1 saturated heterocycles. The zero-order valence-corrected chi connectivity index (χ0v) is 14.2. The Labute approximate surface area is 137 Å². The second kappa shape index (κ2) is 6.24. The molecule has 1 fully saturated rings. The monoisotopic (exact) mass is 361 g/mol. The van der Waals surface area contributed by atoms with Crippen LogP contribution in [0.15, 0.2) is 57.9 Å². The van der Waals surface area contributed by atoms with Crippen LogP contribution < -0.4 is 0 Å². The first-order valence-corrected chi connectivity index (χ1v) is 8.57. The molecular formula is C17H16BrNOS. The van der Waals surface area contributed by atoms with Gasteiger partial charge in [-0.3, -0.25) is 4.79 Å². The lowest BCUT2D eigenvalue weighted by atomic mass is 10.1. The Morgan fingerprint density at radius 3 is 2.57 bits per heavy atom. The Morgan fingerprint density at radius 2 is 1.90 bits per heavy atom. The summed E-state index contributed by atoms with van der Waals surface area (Å²) < 4.78 is 1.06. The first kappa shape index (κ1) is 14.7. The van der Waals surface area contributed by atoms with Crippen molar-refractivity contribution in [1.82, 2.24) is 4.90 Å². The lowest BCUT2D eigenvalue weighted by molar-refractivity contribution is -0.142. The van der Waals surface area contributed by atoms with E-state index in [0.717, 1.165) is 10.0 Å². The van der Waals surface area contributed by atoms with Gasteiger partial charge in [-0.05, 0) is 30.7 Å². The molecule has 4 heteroatoms. The Hall–Kier alpha value is -1.26. The molecule has 21 heavy (non-hydrogen) atoms. The number of carbonyl (C=O) groups excluding carboxylic acids is 1. The van der Waals surface area contributed by atoms with Crippen LogP contribution in [0.3, 0.4) is 0 Å². The number of benzene rings is 2. The third-order valence-corrected chi connectivity index (χ3v) is 5.62. The molecule has 0 saturated carbocycles. The fraction of sp³-hybridized carbons (Fsp3) is 0.235. The van der Waals surface area contributed by atoms with Crippen molar-refractivity contribution in [2.45, 2.75) is 30.2 Å². The Morgan fingerprint density at radius 1 is 1.19 bits per heavy atom. The predicted octanol–water partition coefficient (Wildman–Crippen LogP) is 4.61. The fourth-order valence-corrected chi connectivity index (χ4v) is 3.87. The second-order valence-corrected chi connectivity index (χ2v) is 7.31. The minimum absolute atomic E-state index is 0.232. The SMILES string of the molecule is Cc1ccc(S[C@@H]2CC(=O)N2Cc2ccccc2Br)cc1. The third-order valence-electron chi connectivity index (χ3n) is 3.61. The topological polar surface area (TPSA) is 20.3 Å². The highest BCUT2D eigenvalue weighted by atomic mass is 79.9. The Balaban J connectivity index is 1.68. The lowest BCUT2D eigenvalue weighted by Gasteiger charge is -2.40. The van der Waals surface area contributed by atoms with Gasteiger partial charge >= 0.3 is 0 Å². The number of amides is 1. The van der Waals surface area contributed by atoms with Gasteiger partial charge < -0.3 is 4.90 Å². The predicted molar refractivity (Wildman–Crippen MR) is 90.1 cm³/mol. The Bertz CT molecular complexity index is 656. The zero-order valence-electron chi connectivity index (χ0n) is 11.8. The van der Waals surface area contributed by atoms with Crippen LogP contribution in [0.2, 0.25) is 0 Å². The van der Waals surface area contributed by atoms with Gasteiger partial charge in [-0.1, -0.05) is 51.8 Å². The van der Waals surface area contributed by atoms with Crippen molar-refractivity contribution in [3.8, 4) is 0 Å². The molecule has 0 aromatic heterocycles. The summed E-state index contributed by atoms with van der Waals surface area (Å²) in [4.78, 5) is 15.1. The summed E-state index contributed by atoms with van der Waals surface area (Å²) in [6.45, 7) is 2.75. The summed E-state index contributed by atoms with van der Waals surface area (Å²) in [7, 11) is 0. The molecule has 0 N–H and O–H groups in total. The quantitative estimate of drug-likeness (QED) is 0.741. The van der Waals surface area contributed by atoms with Crippen molar-refractivity contribution in [3.63, 3.8) is 0 Å². The molecule has 0 spiro atoms. The van der Waals surface area contributed by atoms with E-state index < -0.39 is 0 Å². The van der Waals surface area contributed by atoms with Gasteiger partial charge in [0.05, 0.1) is 11.8 Å². The van der Waals surface area contributed by atoms with Crippen LogP contribution in [0.5, 0.6) is 0 Å². The van der Waals surface area contributed by atoms with Crippen LogP contribution in [0, 0.1) is 6.92 Å². The number of carbonyl (C=O) groups is 1. The number of thioether (sulfide) groups is 1. The highest BCUT2D eigenvalue weighted by Crippen LogP contribution is 2.36. The van der Waals surface area contributed by atoms with Gasteiger partial charge in [-0.2, -0.15) is 0 Å². The molecule has 2 aromatic carbocycles. The van der Waals surface area contributed by atoms with Crippen molar-refractivity contribution < 1.29 is 4.79 Å². The second-order valence-electron chi connectivity index (χ2n) is 5.20. The smallest absolute Gasteiger partial charge is 0.226 e. The van der Waals surface area contributed by atoms with Crippen molar-refractivity contribution in [2.75, 3.05) is 0 Å². The van der Waals surface area contributed by atoms with Gasteiger partial charge in [0.2, 0.25) is 5.91 Å². The van der Waals surface area contributed by atoms with Gasteiger partial charge in [-0.15, -0.1) is 11.8 Å². The normalized spacial score (nSPS) is 17.7. The van der Waals surface area contributed by atoms with Gasteiger partial charge in [0, 0.05) is 15.9 Å². The van der Waals surface area contributed by atoms with Crippen LogP contribution in [0.25, 0.3) is 0 Å². The van der Waals surface area contributed by atoms with E-state index >= 15 is 0 Å². The molecule has 1 aliphatic rings. The summed E-state index contributed by atoms with van der Waals surface area (Å²) >= 11 is 5.31. The minimum Gasteiger partial charge on any atom is -0.325 e. The molecule has 1 heterocycles. The van der Waals surface area contributed by atoms with E-state index in [1.54, 1.807) is 11.8 Å². The van der Waals surface area contributed by atoms with Crippen molar-refractivity contribution in [2.24, 2.45) is 0 Å². The number of likely N-dealkylation sites (tertiary alicyclic amines) is 1. The molecule has 0 radical (unpaired) electrons. The first-order valence-electron chi connectivity index (χ1n) is 6.90. The van der Waals surface area contributed by atoms with E-state index in [4.69, 9.17) is 0 Å². The molecule has 1 atom stereocenters. The number of hydrogen-bond donors (Lipinski definition) is 0. The van der Waals surface area contributed by atoms with E-state index in [9.17, 15) is 4.79 Å². The molecule has 0 aliphatic carbocycles. The van der Waals surface area contributed by atoms with Gasteiger partial charge in [-0.25, -0.2) is 0 Å². The van der Waals surface area contributed by atoms with Crippen LogP contribution in [0.1, 0.15) is 17.5 Å². The van der Waals surface area contributed by atoms with Crippen LogP contribution in [-0.4, -0.2) is 16.2 Å². The van der Waals surface area contributed by atoms with Gasteiger partial charge in [0.15, 0.2) is 0 Å². The number of β-lactam (4-membered cyclic amide) rings is 1. The van der Waals surface area contributed by atoms with Crippen molar-refractivity contribution >= 4 is 33.6 Å². The maximum absolute atomic E-state index is 11.9. The van der Waals surface area contributed by atoms with Crippen molar-refractivity contribution in [3.05, 3.63) is 64.1 Å². The number of rotatable bonds is 4. The maximum Gasteiger partial charge on any atom is 0.226 e. The minimum atomic E-state index is 0.232. The van der Waals surface area contributed by atoms with E-state index in [-0.39, 0.29) is 11.3 Å². The van der Waals surface area contributed by atoms with E-state index in [0.29, 0.717) is 13.0 Å². The van der Waals surface area contributed by atoms with E-state index in [2.05, 4.69) is 53.2 Å². The summed E-state index contributed by atoms with van der Waals surface area (Å²) in [6, 6.07) is 16.5. The summed E-state index contributed by atoms with van der Waals surface area (Å²) in [5.41, 5.74) is 2.41. The van der Waals surface area contributed by atoms with Crippen LogP contribution >= 0.6 is 27.7 Å². The summed E-state index contributed by atoms with van der Waals surface area (Å²) in [5, 5.41) is 0.243. The highest BCUT2D eigenvalue weighted by Gasteiger charge is 2.36. The molecule has 2 aromatic rings. The number of aryl methyl sites for hydroxylation is 1. The highest BCUT2D eigenvalue weighted by molar-refractivity contribution is 9.10. The van der Waals surface area contributed by atoms with Gasteiger partial charge in [0.1, 0.15) is 0 Å². The largest absolute Gasteiger partial charge is 0.325 e. The molecule has 1 aliphatic heterocycles. The first-order chi connectivity index (χ1) is 10.1. The number of halogens is 1. The summed E-state index contributed by atoms with van der Waals surface area (Å²) in [6.07, 6.45) is 0.628.